The Kier molecular flexibility index (Phi) is 5.11. The van der Waals surface area contributed by atoms with Gasteiger partial charge in [-0.1, -0.05) is 24.6 Å². The molecule has 1 aromatic heterocycles. The quantitative estimate of drug-likeness (QED) is 0.879. The van der Waals surface area contributed by atoms with E-state index in [1.165, 1.54) is 18.2 Å². The van der Waals surface area contributed by atoms with E-state index >= 15 is 0 Å². The minimum absolute atomic E-state index is 0.219. The summed E-state index contributed by atoms with van der Waals surface area (Å²) in [7, 11) is 0. The Balaban J connectivity index is 2.12. The summed E-state index contributed by atoms with van der Waals surface area (Å²) in [6.45, 7) is 2.81. The summed E-state index contributed by atoms with van der Waals surface area (Å²) < 4.78 is 13.2. The third-order valence-electron chi connectivity index (χ3n) is 2.66. The molecule has 0 bridgehead atoms. The molecule has 1 amide bonds. The maximum absolute atomic E-state index is 13.2. The van der Waals surface area contributed by atoms with Crippen LogP contribution in [-0.2, 0) is 0 Å². The fourth-order valence-corrected chi connectivity index (χ4v) is 1.96. The van der Waals surface area contributed by atoms with Crippen LogP contribution in [0, 0.1) is 5.82 Å². The lowest BCUT2D eigenvalue weighted by atomic mass is 10.2. The van der Waals surface area contributed by atoms with Gasteiger partial charge in [0, 0.05) is 17.3 Å². The normalized spacial score (nSPS) is 10.2. The van der Waals surface area contributed by atoms with Crippen LogP contribution in [-0.4, -0.2) is 17.4 Å². The lowest BCUT2D eigenvalue weighted by molar-refractivity contribution is 0.102. The molecule has 2 N–H and O–H groups in total. The number of nitrogens with one attached hydrogen (secondary N) is 2. The van der Waals surface area contributed by atoms with Gasteiger partial charge in [-0.25, -0.2) is 9.37 Å². The first kappa shape index (κ1) is 15.3. The van der Waals surface area contributed by atoms with Crippen molar-refractivity contribution in [1.82, 2.24) is 4.98 Å². The highest BCUT2D eigenvalue weighted by Gasteiger charge is 2.09. The van der Waals surface area contributed by atoms with Crippen molar-refractivity contribution in [3.8, 4) is 0 Å². The zero-order valence-electron chi connectivity index (χ0n) is 11.5. The molecule has 0 spiro atoms. The first-order chi connectivity index (χ1) is 10.1. The van der Waals surface area contributed by atoms with Crippen molar-refractivity contribution in [1.29, 1.82) is 0 Å². The number of anilines is 2. The first-order valence-corrected chi connectivity index (χ1v) is 6.94. The Morgan fingerprint density at radius 2 is 2.14 bits per heavy atom. The lowest BCUT2D eigenvalue weighted by Crippen LogP contribution is -2.15. The van der Waals surface area contributed by atoms with Crippen molar-refractivity contribution in [3.05, 3.63) is 52.9 Å². The van der Waals surface area contributed by atoms with Crippen LogP contribution in [0.3, 0.4) is 0 Å². The number of halogens is 2. The Morgan fingerprint density at radius 3 is 2.86 bits per heavy atom. The van der Waals surface area contributed by atoms with Gasteiger partial charge in [-0.3, -0.25) is 4.79 Å². The average Bonchev–Trinajstić information content (AvgIpc) is 2.44. The van der Waals surface area contributed by atoms with Crippen molar-refractivity contribution in [3.63, 3.8) is 0 Å². The average molecular weight is 308 g/mol. The van der Waals surface area contributed by atoms with Crippen LogP contribution >= 0.6 is 11.6 Å². The monoisotopic (exact) mass is 307 g/mol. The van der Waals surface area contributed by atoms with Crippen molar-refractivity contribution < 1.29 is 9.18 Å². The number of carbonyl (C=O) groups excluding carboxylic acids is 1. The van der Waals surface area contributed by atoms with Crippen LogP contribution in [0.15, 0.2) is 36.4 Å². The second-order valence-corrected chi connectivity index (χ2v) is 4.88. The third kappa shape index (κ3) is 4.43. The molecule has 0 atom stereocenters. The minimum Gasteiger partial charge on any atom is -0.370 e. The molecule has 0 radical (unpaired) electrons. The van der Waals surface area contributed by atoms with Gasteiger partial charge in [0.25, 0.3) is 5.91 Å². The Hall–Kier alpha value is -2.14. The molecule has 2 aromatic rings. The molecule has 0 aliphatic heterocycles. The molecule has 0 aliphatic rings. The molecule has 110 valence electrons. The van der Waals surface area contributed by atoms with Gasteiger partial charge in [0.2, 0.25) is 0 Å². The number of carbonyl (C=O) groups is 1. The summed E-state index contributed by atoms with van der Waals surface area (Å²) in [5, 5.41) is 5.89. The largest absolute Gasteiger partial charge is 0.370 e. The molecule has 4 nitrogen and oxygen atoms in total. The third-order valence-corrected chi connectivity index (χ3v) is 2.88. The molecule has 0 fully saturated rings. The van der Waals surface area contributed by atoms with Crippen LogP contribution < -0.4 is 10.6 Å². The van der Waals surface area contributed by atoms with Crippen molar-refractivity contribution in [2.75, 3.05) is 17.2 Å². The minimum atomic E-state index is -0.510. The first-order valence-electron chi connectivity index (χ1n) is 6.57. The fraction of sp³-hybridized carbons (Fsp3) is 0.200. The van der Waals surface area contributed by atoms with Gasteiger partial charge >= 0.3 is 0 Å². The summed E-state index contributed by atoms with van der Waals surface area (Å²) in [6, 6.07) is 8.95. The highest BCUT2D eigenvalue weighted by atomic mass is 35.5. The zero-order valence-corrected chi connectivity index (χ0v) is 12.2. The SMILES string of the molecule is CCCNc1cccc(C(=O)Nc2cc(F)cc(Cl)c2)n1. The smallest absolute Gasteiger partial charge is 0.274 e. The highest BCUT2D eigenvalue weighted by Crippen LogP contribution is 2.18. The standard InChI is InChI=1S/C15H15ClFN3O/c1-2-6-18-14-5-3-4-13(20-14)15(21)19-12-8-10(16)7-11(17)9-12/h3-5,7-9H,2,6H2,1H3,(H,18,20)(H,19,21). The number of aromatic nitrogens is 1. The van der Waals surface area contributed by atoms with Crippen LogP contribution in [0.5, 0.6) is 0 Å². The number of nitrogens with zero attached hydrogens (tertiary/aromatic N) is 1. The maximum Gasteiger partial charge on any atom is 0.274 e. The molecule has 6 heteroatoms. The summed E-state index contributed by atoms with van der Waals surface area (Å²) in [6.07, 6.45) is 0.958. The van der Waals surface area contributed by atoms with Crippen molar-refractivity contribution in [2.24, 2.45) is 0 Å². The second-order valence-electron chi connectivity index (χ2n) is 4.45. The van der Waals surface area contributed by atoms with Crippen LogP contribution in [0.1, 0.15) is 23.8 Å². The van der Waals surface area contributed by atoms with E-state index in [0.717, 1.165) is 13.0 Å². The van der Waals surface area contributed by atoms with Crippen molar-refractivity contribution >= 4 is 29.0 Å². The second kappa shape index (κ2) is 7.04. The summed E-state index contributed by atoms with van der Waals surface area (Å²) in [4.78, 5) is 16.3. The summed E-state index contributed by atoms with van der Waals surface area (Å²) in [5.41, 5.74) is 0.537. The van der Waals surface area contributed by atoms with Crippen LogP contribution in [0.4, 0.5) is 15.9 Å². The van der Waals surface area contributed by atoms with Gasteiger partial charge < -0.3 is 10.6 Å². The van der Waals surface area contributed by atoms with Crippen LogP contribution in [0.2, 0.25) is 5.02 Å². The number of hydrogen-bond donors (Lipinski definition) is 2. The fourth-order valence-electron chi connectivity index (χ4n) is 1.73. The van der Waals surface area contributed by atoms with E-state index in [9.17, 15) is 9.18 Å². The van der Waals surface area contributed by atoms with E-state index in [1.807, 2.05) is 6.92 Å². The van der Waals surface area contributed by atoms with E-state index < -0.39 is 11.7 Å². The van der Waals surface area contributed by atoms with Gasteiger partial charge in [0.15, 0.2) is 0 Å². The molecule has 1 aromatic carbocycles. The molecule has 2 rings (SSSR count). The highest BCUT2D eigenvalue weighted by molar-refractivity contribution is 6.31. The summed E-state index contributed by atoms with van der Waals surface area (Å²) >= 11 is 5.75. The number of benzene rings is 1. The molecule has 0 aliphatic carbocycles. The van der Waals surface area contributed by atoms with Gasteiger partial charge in [-0.2, -0.15) is 0 Å². The van der Waals surface area contributed by atoms with E-state index in [0.29, 0.717) is 11.5 Å². The number of amides is 1. The predicted molar refractivity (Wildman–Crippen MR) is 82.4 cm³/mol. The molecule has 0 saturated carbocycles. The number of hydrogen-bond acceptors (Lipinski definition) is 3. The van der Waals surface area contributed by atoms with Gasteiger partial charge in [0.05, 0.1) is 0 Å². The van der Waals surface area contributed by atoms with Gasteiger partial charge in [-0.15, -0.1) is 0 Å². The maximum atomic E-state index is 13.2. The Morgan fingerprint density at radius 1 is 1.33 bits per heavy atom. The molecule has 1 heterocycles. The van der Waals surface area contributed by atoms with E-state index in [-0.39, 0.29) is 10.7 Å². The molecular weight excluding hydrogens is 293 g/mol. The predicted octanol–water partition coefficient (Wildman–Crippen LogP) is 3.95. The van der Waals surface area contributed by atoms with Crippen molar-refractivity contribution in [2.45, 2.75) is 13.3 Å². The van der Waals surface area contributed by atoms with E-state index in [4.69, 9.17) is 11.6 Å². The number of pyridine rings is 1. The topological polar surface area (TPSA) is 54.0 Å². The Labute approximate surface area is 127 Å². The number of rotatable bonds is 5. The van der Waals surface area contributed by atoms with E-state index in [1.54, 1.807) is 18.2 Å². The van der Waals surface area contributed by atoms with Gasteiger partial charge in [-0.05, 0) is 36.8 Å². The Bertz CT molecular complexity index is 628. The molecule has 21 heavy (non-hydrogen) atoms. The van der Waals surface area contributed by atoms with Crippen LogP contribution in [0.25, 0.3) is 0 Å². The summed E-state index contributed by atoms with van der Waals surface area (Å²) in [5.74, 6) is -0.303. The lowest BCUT2D eigenvalue weighted by Gasteiger charge is -2.08. The molecular formula is C15H15ClFN3O. The van der Waals surface area contributed by atoms with E-state index in [2.05, 4.69) is 15.6 Å². The van der Waals surface area contributed by atoms with Gasteiger partial charge in [0.1, 0.15) is 17.3 Å². The molecule has 0 saturated heterocycles. The zero-order chi connectivity index (χ0) is 15.2. The molecule has 0 unspecified atom stereocenters.